The molecule has 1 aliphatic carbocycles. The van der Waals surface area contributed by atoms with E-state index in [-0.39, 0.29) is 24.2 Å². The lowest BCUT2D eigenvalue weighted by atomic mass is 10.1. The quantitative estimate of drug-likeness (QED) is 0.903. The molecule has 1 amide bonds. The number of carbonyl (C=O) groups excluding carboxylic acids is 1. The number of carbonyl (C=O) groups is 1. The molecule has 1 aromatic carbocycles. The number of amides is 1. The van der Waals surface area contributed by atoms with E-state index < -0.39 is 0 Å². The Kier molecular flexibility index (Phi) is 5.39. The highest BCUT2D eigenvalue weighted by Gasteiger charge is 2.38. The molecule has 1 unspecified atom stereocenters. The lowest BCUT2D eigenvalue weighted by Crippen LogP contribution is -2.34. The Morgan fingerprint density at radius 2 is 1.92 bits per heavy atom. The second kappa shape index (κ2) is 7.54. The topological polar surface area (TPSA) is 85.2 Å². The Morgan fingerprint density at radius 1 is 1.20 bits per heavy atom. The molecule has 6 nitrogen and oxygen atoms in total. The summed E-state index contributed by atoms with van der Waals surface area (Å²) in [5.41, 5.74) is 7.58. The number of likely N-dealkylation sites (tertiary alicyclic amines) is 1. The zero-order chi connectivity index (χ0) is 16.5. The molecule has 7 heteroatoms. The van der Waals surface area contributed by atoms with Crippen LogP contribution in [0.2, 0.25) is 0 Å². The maximum Gasteiger partial charge on any atom is 0.232 e. The second-order valence-corrected chi connectivity index (χ2v) is 6.74. The van der Waals surface area contributed by atoms with Gasteiger partial charge in [-0.25, -0.2) is 0 Å². The molecule has 2 N–H and O–H groups in total. The van der Waals surface area contributed by atoms with Crippen molar-refractivity contribution in [2.75, 3.05) is 6.54 Å². The minimum atomic E-state index is 0. The lowest BCUT2D eigenvalue weighted by molar-refractivity contribution is -0.129. The van der Waals surface area contributed by atoms with Gasteiger partial charge in [0.05, 0.1) is 5.92 Å². The number of hydrogen-bond acceptors (Lipinski definition) is 5. The number of rotatable bonds is 4. The molecule has 1 saturated carbocycles. The first kappa shape index (κ1) is 17.9. The van der Waals surface area contributed by atoms with E-state index in [9.17, 15) is 4.79 Å². The fraction of sp³-hybridized carbons (Fsp3) is 0.500. The molecule has 2 aromatic rings. The Balaban J connectivity index is 0.00000182. The van der Waals surface area contributed by atoms with Crippen LogP contribution in [0.1, 0.15) is 49.5 Å². The predicted molar refractivity (Wildman–Crippen MR) is 96.2 cm³/mol. The van der Waals surface area contributed by atoms with Crippen molar-refractivity contribution in [2.45, 2.75) is 50.6 Å². The van der Waals surface area contributed by atoms with Gasteiger partial charge >= 0.3 is 0 Å². The summed E-state index contributed by atoms with van der Waals surface area (Å²) in [7, 11) is 0. The van der Waals surface area contributed by atoms with Gasteiger partial charge in [0, 0.05) is 31.1 Å². The van der Waals surface area contributed by atoms with Crippen LogP contribution in [0.15, 0.2) is 28.8 Å². The van der Waals surface area contributed by atoms with Crippen LogP contribution < -0.4 is 5.73 Å². The monoisotopic (exact) mass is 362 g/mol. The van der Waals surface area contributed by atoms with Gasteiger partial charge in [-0.15, -0.1) is 12.4 Å². The molecule has 2 heterocycles. The first-order chi connectivity index (χ1) is 11.7. The molecule has 1 aliphatic heterocycles. The van der Waals surface area contributed by atoms with E-state index in [1.54, 1.807) is 0 Å². The summed E-state index contributed by atoms with van der Waals surface area (Å²) < 4.78 is 5.45. The maximum atomic E-state index is 12.3. The second-order valence-electron chi connectivity index (χ2n) is 6.74. The number of nitrogens with zero attached hydrogens (tertiary/aromatic N) is 3. The van der Waals surface area contributed by atoms with E-state index in [1.807, 2.05) is 29.2 Å². The molecule has 1 atom stereocenters. The van der Waals surface area contributed by atoms with Gasteiger partial charge in [0.15, 0.2) is 0 Å². The molecule has 134 valence electrons. The summed E-state index contributed by atoms with van der Waals surface area (Å²) in [6.45, 7) is 1.22. The molecule has 1 saturated heterocycles. The summed E-state index contributed by atoms with van der Waals surface area (Å²) in [4.78, 5) is 18.9. The van der Waals surface area contributed by atoms with Crippen LogP contribution in [0.3, 0.4) is 0 Å². The summed E-state index contributed by atoms with van der Waals surface area (Å²) in [6, 6.07) is 8.23. The molecule has 2 aliphatic rings. The first-order valence-electron chi connectivity index (χ1n) is 8.67. The minimum Gasteiger partial charge on any atom is -0.339 e. The molecule has 25 heavy (non-hydrogen) atoms. The smallest absolute Gasteiger partial charge is 0.232 e. The van der Waals surface area contributed by atoms with Gasteiger partial charge in [-0.2, -0.15) is 4.98 Å². The predicted octanol–water partition coefficient (Wildman–Crippen LogP) is 2.88. The largest absolute Gasteiger partial charge is 0.339 e. The Hall–Kier alpha value is -1.92. The fourth-order valence-electron chi connectivity index (χ4n) is 3.77. The van der Waals surface area contributed by atoms with E-state index >= 15 is 0 Å². The minimum absolute atomic E-state index is 0. The fourth-order valence-corrected chi connectivity index (χ4v) is 3.77. The van der Waals surface area contributed by atoms with Crippen LogP contribution in [0.4, 0.5) is 0 Å². The van der Waals surface area contributed by atoms with Crippen LogP contribution in [0.25, 0.3) is 11.4 Å². The van der Waals surface area contributed by atoms with Crippen molar-refractivity contribution in [2.24, 2.45) is 5.73 Å². The third-order valence-electron chi connectivity index (χ3n) is 5.16. The summed E-state index contributed by atoms with van der Waals surface area (Å²) in [5, 5.41) is 4.09. The van der Waals surface area contributed by atoms with Crippen molar-refractivity contribution >= 4 is 18.3 Å². The van der Waals surface area contributed by atoms with Crippen molar-refractivity contribution < 1.29 is 9.32 Å². The van der Waals surface area contributed by atoms with Crippen molar-refractivity contribution in [1.82, 2.24) is 15.0 Å². The van der Waals surface area contributed by atoms with Gasteiger partial charge in [-0.1, -0.05) is 42.3 Å². The van der Waals surface area contributed by atoms with Crippen molar-refractivity contribution in [3.63, 3.8) is 0 Å². The highest BCUT2D eigenvalue weighted by molar-refractivity contribution is 5.85. The Morgan fingerprint density at radius 3 is 2.60 bits per heavy atom. The van der Waals surface area contributed by atoms with E-state index in [4.69, 9.17) is 10.3 Å². The average Bonchev–Trinajstić information content (AvgIpc) is 3.35. The van der Waals surface area contributed by atoms with Crippen molar-refractivity contribution in [3.05, 3.63) is 35.7 Å². The van der Waals surface area contributed by atoms with Crippen LogP contribution in [0.5, 0.6) is 0 Å². The van der Waals surface area contributed by atoms with Gasteiger partial charge in [-0.3, -0.25) is 4.79 Å². The number of benzene rings is 1. The number of hydrogen-bond donors (Lipinski definition) is 1. The van der Waals surface area contributed by atoms with E-state index in [2.05, 4.69) is 10.1 Å². The van der Waals surface area contributed by atoms with Crippen LogP contribution in [-0.4, -0.2) is 33.5 Å². The van der Waals surface area contributed by atoms with Crippen LogP contribution in [0, 0.1) is 0 Å². The molecule has 0 bridgehead atoms. The van der Waals surface area contributed by atoms with Gasteiger partial charge in [0.25, 0.3) is 0 Å². The molecular weight excluding hydrogens is 340 g/mol. The molecule has 2 fully saturated rings. The average molecular weight is 363 g/mol. The normalized spacial score (nSPS) is 20.9. The van der Waals surface area contributed by atoms with Gasteiger partial charge in [0.2, 0.25) is 17.6 Å². The summed E-state index contributed by atoms with van der Waals surface area (Å²) >= 11 is 0. The number of aromatic nitrogens is 2. The standard InChI is InChI=1S/C18H22N4O2.ClH/c19-10-12-5-7-13(8-6-12)17-20-18(24-21-17)14-9-16(23)22(11-14)15-3-1-2-4-15;/h5-8,14-15H,1-4,9-11,19H2;1H. The Labute approximate surface area is 153 Å². The third-order valence-corrected chi connectivity index (χ3v) is 5.16. The van der Waals surface area contributed by atoms with Gasteiger partial charge in [-0.05, 0) is 18.4 Å². The number of halogens is 1. The third kappa shape index (κ3) is 3.55. The zero-order valence-corrected chi connectivity index (χ0v) is 14.9. The summed E-state index contributed by atoms with van der Waals surface area (Å²) in [5.74, 6) is 1.38. The molecular formula is C18H23ClN4O2. The van der Waals surface area contributed by atoms with Crippen molar-refractivity contribution in [1.29, 1.82) is 0 Å². The zero-order valence-electron chi connectivity index (χ0n) is 14.1. The van der Waals surface area contributed by atoms with Crippen LogP contribution in [-0.2, 0) is 11.3 Å². The van der Waals surface area contributed by atoms with E-state index in [0.717, 1.165) is 24.0 Å². The van der Waals surface area contributed by atoms with Gasteiger partial charge < -0.3 is 15.2 Å². The maximum absolute atomic E-state index is 12.3. The first-order valence-corrected chi connectivity index (χ1v) is 8.67. The summed E-state index contributed by atoms with van der Waals surface area (Å²) in [6.07, 6.45) is 5.18. The highest BCUT2D eigenvalue weighted by atomic mass is 35.5. The van der Waals surface area contributed by atoms with Gasteiger partial charge in [0.1, 0.15) is 0 Å². The SMILES string of the molecule is Cl.NCc1ccc(-c2noc(C3CC(=O)N(C4CCCC4)C3)n2)cc1. The molecule has 0 spiro atoms. The molecule has 4 rings (SSSR count). The Bertz CT molecular complexity index is 725. The molecule has 1 aromatic heterocycles. The lowest BCUT2D eigenvalue weighted by Gasteiger charge is -2.23. The number of nitrogens with two attached hydrogens (primary N) is 1. The van der Waals surface area contributed by atoms with Crippen molar-refractivity contribution in [3.8, 4) is 11.4 Å². The molecule has 0 radical (unpaired) electrons. The van der Waals surface area contributed by atoms with Crippen LogP contribution >= 0.6 is 12.4 Å². The van der Waals surface area contributed by atoms with E-state index in [0.29, 0.717) is 37.3 Å². The van der Waals surface area contributed by atoms with E-state index in [1.165, 1.54) is 12.8 Å². The highest BCUT2D eigenvalue weighted by Crippen LogP contribution is 2.34.